The molecule has 92 valence electrons. The van der Waals surface area contributed by atoms with Crippen molar-refractivity contribution in [2.75, 3.05) is 12.4 Å². The van der Waals surface area contributed by atoms with Crippen LogP contribution in [0.3, 0.4) is 0 Å². The third-order valence-electron chi connectivity index (χ3n) is 2.32. The number of amides is 1. The summed E-state index contributed by atoms with van der Waals surface area (Å²) in [5.41, 5.74) is 0.859. The molecule has 0 atom stereocenters. The van der Waals surface area contributed by atoms with E-state index in [2.05, 4.69) is 10.3 Å². The van der Waals surface area contributed by atoms with Gasteiger partial charge in [-0.2, -0.15) is 0 Å². The summed E-state index contributed by atoms with van der Waals surface area (Å²) in [4.78, 5) is 15.8. The number of hydrogen-bond donors (Lipinski definition) is 1. The number of hydrogen-bond acceptors (Lipinski definition) is 3. The minimum atomic E-state index is -0.303. The fourth-order valence-electron chi connectivity index (χ4n) is 1.41. The number of methoxy groups -OCH3 is 1. The van der Waals surface area contributed by atoms with E-state index >= 15 is 0 Å². The highest BCUT2D eigenvalue weighted by Gasteiger charge is 2.09. The normalized spacial score (nSPS) is 9.89. The Morgan fingerprint density at radius 1 is 1.33 bits per heavy atom. The molecule has 0 saturated carbocycles. The van der Waals surface area contributed by atoms with E-state index in [1.54, 1.807) is 49.7 Å². The number of carbonyl (C=O) groups excluding carboxylic acids is 1. The van der Waals surface area contributed by atoms with Crippen LogP contribution >= 0.6 is 11.6 Å². The van der Waals surface area contributed by atoms with Crippen molar-refractivity contribution < 1.29 is 9.53 Å². The number of ether oxygens (including phenoxy) is 1. The zero-order valence-corrected chi connectivity index (χ0v) is 10.4. The highest BCUT2D eigenvalue weighted by atomic mass is 35.5. The van der Waals surface area contributed by atoms with Gasteiger partial charge in [0.25, 0.3) is 5.91 Å². The van der Waals surface area contributed by atoms with Crippen LogP contribution in [0.2, 0.25) is 5.02 Å². The van der Waals surface area contributed by atoms with Crippen molar-refractivity contribution in [2.45, 2.75) is 0 Å². The van der Waals surface area contributed by atoms with Gasteiger partial charge in [-0.1, -0.05) is 17.7 Å². The van der Waals surface area contributed by atoms with Crippen LogP contribution in [0.1, 0.15) is 10.5 Å². The molecule has 5 heteroatoms. The van der Waals surface area contributed by atoms with Crippen molar-refractivity contribution in [3.05, 3.63) is 53.3 Å². The van der Waals surface area contributed by atoms with Crippen LogP contribution < -0.4 is 10.1 Å². The third kappa shape index (κ3) is 2.78. The second kappa shape index (κ2) is 5.51. The summed E-state index contributed by atoms with van der Waals surface area (Å²) in [6.45, 7) is 0. The highest BCUT2D eigenvalue weighted by Crippen LogP contribution is 2.26. The average Bonchev–Trinajstić information content (AvgIpc) is 2.42. The zero-order valence-electron chi connectivity index (χ0n) is 9.68. The van der Waals surface area contributed by atoms with Crippen molar-refractivity contribution >= 4 is 23.2 Å². The van der Waals surface area contributed by atoms with Crippen molar-refractivity contribution in [2.24, 2.45) is 0 Å². The minimum absolute atomic E-state index is 0.303. The Hall–Kier alpha value is -2.07. The maximum absolute atomic E-state index is 11.9. The minimum Gasteiger partial charge on any atom is -0.497 e. The molecule has 0 radical (unpaired) electrons. The van der Waals surface area contributed by atoms with E-state index in [-0.39, 0.29) is 5.91 Å². The first-order valence-corrected chi connectivity index (χ1v) is 5.64. The van der Waals surface area contributed by atoms with E-state index in [1.807, 2.05) is 0 Å². The fraction of sp³-hybridized carbons (Fsp3) is 0.0769. The van der Waals surface area contributed by atoms with E-state index in [4.69, 9.17) is 16.3 Å². The molecule has 1 heterocycles. The molecular weight excluding hydrogens is 252 g/mol. The van der Waals surface area contributed by atoms with Crippen LogP contribution in [0.25, 0.3) is 0 Å². The van der Waals surface area contributed by atoms with E-state index in [9.17, 15) is 4.79 Å². The highest BCUT2D eigenvalue weighted by molar-refractivity contribution is 6.34. The van der Waals surface area contributed by atoms with Gasteiger partial charge in [-0.15, -0.1) is 0 Å². The number of aromatic nitrogens is 1. The number of benzene rings is 1. The summed E-state index contributed by atoms with van der Waals surface area (Å²) in [7, 11) is 1.55. The molecule has 0 fully saturated rings. The number of rotatable bonds is 3. The molecule has 0 aliphatic carbocycles. The molecule has 1 N–H and O–H groups in total. The van der Waals surface area contributed by atoms with Crippen LogP contribution in [0.5, 0.6) is 5.75 Å². The Kier molecular flexibility index (Phi) is 3.79. The van der Waals surface area contributed by atoms with Crippen LogP contribution in [0.15, 0.2) is 42.6 Å². The topological polar surface area (TPSA) is 51.2 Å². The molecule has 0 spiro atoms. The van der Waals surface area contributed by atoms with Gasteiger partial charge in [-0.25, -0.2) is 0 Å². The SMILES string of the molecule is COc1ccc(NC(=O)c2ccccn2)c(Cl)c1. The predicted molar refractivity (Wildman–Crippen MR) is 70.2 cm³/mol. The Bertz CT molecular complexity index is 558. The van der Waals surface area contributed by atoms with Crippen molar-refractivity contribution in [3.63, 3.8) is 0 Å². The first-order valence-electron chi connectivity index (χ1n) is 5.26. The van der Waals surface area contributed by atoms with Gasteiger partial charge >= 0.3 is 0 Å². The molecule has 2 aromatic rings. The average molecular weight is 263 g/mol. The molecule has 1 amide bonds. The van der Waals surface area contributed by atoms with Crippen LogP contribution in [0.4, 0.5) is 5.69 Å². The van der Waals surface area contributed by atoms with Gasteiger partial charge in [0.05, 0.1) is 17.8 Å². The van der Waals surface area contributed by atoms with Crippen molar-refractivity contribution in [3.8, 4) is 5.75 Å². The number of nitrogens with one attached hydrogen (secondary N) is 1. The van der Waals surface area contributed by atoms with Crippen LogP contribution in [-0.4, -0.2) is 18.0 Å². The molecule has 0 bridgehead atoms. The molecule has 18 heavy (non-hydrogen) atoms. The Morgan fingerprint density at radius 2 is 2.17 bits per heavy atom. The monoisotopic (exact) mass is 262 g/mol. The quantitative estimate of drug-likeness (QED) is 0.925. The fourth-order valence-corrected chi connectivity index (χ4v) is 1.63. The predicted octanol–water partition coefficient (Wildman–Crippen LogP) is 3.00. The number of carbonyl (C=O) groups is 1. The third-order valence-corrected chi connectivity index (χ3v) is 2.63. The summed E-state index contributed by atoms with van der Waals surface area (Å²) in [5, 5.41) is 3.10. The van der Waals surface area contributed by atoms with E-state index in [0.717, 1.165) is 0 Å². The smallest absolute Gasteiger partial charge is 0.274 e. The second-order valence-corrected chi connectivity index (χ2v) is 3.92. The number of pyridine rings is 1. The van der Waals surface area contributed by atoms with Gasteiger partial charge in [0.1, 0.15) is 11.4 Å². The molecule has 2 rings (SSSR count). The Balaban J connectivity index is 2.17. The molecule has 1 aromatic heterocycles. The van der Waals surface area contributed by atoms with E-state index < -0.39 is 0 Å². The second-order valence-electron chi connectivity index (χ2n) is 3.51. The number of halogens is 1. The number of anilines is 1. The Morgan fingerprint density at radius 3 is 2.78 bits per heavy atom. The molecular formula is C13H11ClN2O2. The summed E-state index contributed by atoms with van der Waals surface area (Å²) >= 11 is 6.02. The van der Waals surface area contributed by atoms with Crippen molar-refractivity contribution in [1.82, 2.24) is 4.98 Å². The zero-order chi connectivity index (χ0) is 13.0. The molecule has 0 unspecified atom stereocenters. The van der Waals surface area contributed by atoms with E-state index in [1.165, 1.54) is 0 Å². The first kappa shape index (κ1) is 12.4. The van der Waals surface area contributed by atoms with Gasteiger partial charge in [0, 0.05) is 12.3 Å². The van der Waals surface area contributed by atoms with Gasteiger partial charge in [0.2, 0.25) is 0 Å². The molecule has 1 aromatic carbocycles. The van der Waals surface area contributed by atoms with Crippen LogP contribution in [0, 0.1) is 0 Å². The lowest BCUT2D eigenvalue weighted by molar-refractivity contribution is 0.102. The summed E-state index contributed by atoms with van der Waals surface area (Å²) < 4.78 is 5.03. The lowest BCUT2D eigenvalue weighted by atomic mass is 10.2. The summed E-state index contributed by atoms with van der Waals surface area (Å²) in [6, 6.07) is 10.2. The van der Waals surface area contributed by atoms with Gasteiger partial charge in [-0.3, -0.25) is 9.78 Å². The van der Waals surface area contributed by atoms with Crippen LogP contribution in [-0.2, 0) is 0 Å². The molecule has 4 nitrogen and oxygen atoms in total. The molecule has 0 aliphatic heterocycles. The van der Waals surface area contributed by atoms with Gasteiger partial charge in [0.15, 0.2) is 0 Å². The lowest BCUT2D eigenvalue weighted by Crippen LogP contribution is -2.13. The first-order chi connectivity index (χ1) is 8.70. The van der Waals surface area contributed by atoms with Gasteiger partial charge < -0.3 is 10.1 Å². The van der Waals surface area contributed by atoms with E-state index in [0.29, 0.717) is 22.2 Å². The Labute approximate surface area is 110 Å². The largest absolute Gasteiger partial charge is 0.497 e. The molecule has 0 aliphatic rings. The van der Waals surface area contributed by atoms with Crippen molar-refractivity contribution in [1.29, 1.82) is 0 Å². The van der Waals surface area contributed by atoms with Gasteiger partial charge in [-0.05, 0) is 24.3 Å². The number of nitrogens with zero attached hydrogens (tertiary/aromatic N) is 1. The molecule has 0 saturated heterocycles. The maximum atomic E-state index is 11.9. The maximum Gasteiger partial charge on any atom is 0.274 e. The summed E-state index contributed by atoms with van der Waals surface area (Å²) in [5.74, 6) is 0.332. The standard InChI is InChI=1S/C13H11ClN2O2/c1-18-9-5-6-11(10(14)8-9)16-13(17)12-4-2-3-7-15-12/h2-8H,1H3,(H,16,17). The lowest BCUT2D eigenvalue weighted by Gasteiger charge is -2.08. The summed E-state index contributed by atoms with van der Waals surface area (Å²) in [6.07, 6.45) is 1.56.